The lowest BCUT2D eigenvalue weighted by Gasteiger charge is -2.19. The van der Waals surface area contributed by atoms with E-state index in [1.54, 1.807) is 13.0 Å². The number of ether oxygens (including phenoxy) is 1. The van der Waals surface area contributed by atoms with Crippen molar-refractivity contribution < 1.29 is 14.6 Å². The summed E-state index contributed by atoms with van der Waals surface area (Å²) < 4.78 is 7.60. The van der Waals surface area contributed by atoms with Gasteiger partial charge in [-0.3, -0.25) is 0 Å². The molecule has 0 aliphatic heterocycles. The van der Waals surface area contributed by atoms with Crippen molar-refractivity contribution in [2.75, 3.05) is 6.61 Å². The SMILES string of the molecule is C/C=C/O.C/C=C\C.CC.CCOC(=O)c1c(-c2ccc(C(C)(C)C)cc2)c2cc(C3C=CCC3)ccc2n1CC. The molecule has 4 rings (SSSR count). The number of carbonyl (C=O) groups excluding carboxylic acids is 1. The van der Waals surface area contributed by atoms with Gasteiger partial charge in [-0.05, 0) is 81.7 Å². The zero-order chi connectivity index (χ0) is 31.0. The number of aromatic nitrogens is 1. The second-order valence-electron chi connectivity index (χ2n) is 10.6. The summed E-state index contributed by atoms with van der Waals surface area (Å²) in [6.07, 6.45) is 13.4. The lowest BCUT2D eigenvalue weighted by atomic mass is 9.86. The van der Waals surface area contributed by atoms with Crippen LogP contribution in [0.4, 0.5) is 0 Å². The second-order valence-corrected chi connectivity index (χ2v) is 10.6. The lowest BCUT2D eigenvalue weighted by Crippen LogP contribution is -2.13. The van der Waals surface area contributed by atoms with E-state index in [0.29, 0.717) is 24.8 Å². The maximum atomic E-state index is 13.1. The van der Waals surface area contributed by atoms with Gasteiger partial charge in [-0.2, -0.15) is 0 Å². The lowest BCUT2D eigenvalue weighted by molar-refractivity contribution is 0.0515. The minimum atomic E-state index is -0.252. The molecule has 0 saturated heterocycles. The second kappa shape index (κ2) is 18.0. The molecule has 1 unspecified atom stereocenters. The highest BCUT2D eigenvalue weighted by atomic mass is 16.5. The quantitative estimate of drug-likeness (QED) is 0.192. The number of hydrogen-bond acceptors (Lipinski definition) is 3. The largest absolute Gasteiger partial charge is 0.516 e. The van der Waals surface area contributed by atoms with Crippen LogP contribution in [-0.2, 0) is 16.7 Å². The summed E-state index contributed by atoms with van der Waals surface area (Å²) >= 11 is 0. The molecule has 0 spiro atoms. The summed E-state index contributed by atoms with van der Waals surface area (Å²) in [5.74, 6) is 0.203. The van der Waals surface area contributed by atoms with Gasteiger partial charge in [0.2, 0.25) is 0 Å². The van der Waals surface area contributed by atoms with E-state index in [2.05, 4.69) is 86.9 Å². The number of esters is 1. The Morgan fingerprint density at radius 3 is 2.05 bits per heavy atom. The Bertz CT molecular complexity index is 1270. The maximum Gasteiger partial charge on any atom is 0.355 e. The summed E-state index contributed by atoms with van der Waals surface area (Å²) in [4.78, 5) is 13.1. The Kier molecular flexibility index (Phi) is 15.6. The number of nitrogens with zero attached hydrogens (tertiary/aromatic N) is 1. The molecule has 41 heavy (non-hydrogen) atoms. The van der Waals surface area contributed by atoms with E-state index < -0.39 is 0 Å². The Hall–Kier alpha value is -3.53. The van der Waals surface area contributed by atoms with Gasteiger partial charge in [0.1, 0.15) is 5.69 Å². The van der Waals surface area contributed by atoms with Crippen LogP contribution in [0, 0.1) is 0 Å². The first-order chi connectivity index (χ1) is 19.7. The van der Waals surface area contributed by atoms with Crippen molar-refractivity contribution >= 4 is 16.9 Å². The average molecular weight is 560 g/mol. The third-order valence-corrected chi connectivity index (χ3v) is 6.84. The standard InChI is InChI=1S/C28H33NO2.C4H8.C3H6O.C2H6/c1-6-29-24-17-14-21(19-10-8-9-11-19)18-23(24)25(26(29)27(30)31-7-2)20-12-15-22(16-13-20)28(3,4)5;1-3-4-2;1-2-3-4;1-2/h8,10,12-19H,6-7,9,11H2,1-5H3;3-4H,1-2H3;2-4H,1H3;1-2H3/b;4-3-;3-2+;. The number of fused-ring (bicyclic) bond motifs is 1. The number of aliphatic hydroxyl groups is 1. The van der Waals surface area contributed by atoms with Crippen LogP contribution in [0.15, 0.2) is 79.1 Å². The zero-order valence-electron chi connectivity index (χ0n) is 27.1. The van der Waals surface area contributed by atoms with E-state index in [9.17, 15) is 4.79 Å². The topological polar surface area (TPSA) is 51.5 Å². The third kappa shape index (κ3) is 9.52. The molecule has 0 radical (unpaired) electrons. The normalized spacial score (nSPS) is 14.2. The number of benzene rings is 2. The minimum absolute atomic E-state index is 0.0852. The molecule has 0 bridgehead atoms. The number of rotatable bonds is 5. The van der Waals surface area contributed by atoms with Crippen LogP contribution in [0.5, 0.6) is 0 Å². The number of aryl methyl sites for hydroxylation is 1. The van der Waals surface area contributed by atoms with Crippen LogP contribution >= 0.6 is 0 Å². The predicted molar refractivity (Wildman–Crippen MR) is 178 cm³/mol. The molecule has 4 nitrogen and oxygen atoms in total. The summed E-state index contributed by atoms with van der Waals surface area (Å²) in [6, 6.07) is 15.4. The zero-order valence-corrected chi connectivity index (χ0v) is 27.1. The summed E-state index contributed by atoms with van der Waals surface area (Å²) in [7, 11) is 0. The predicted octanol–water partition coefficient (Wildman–Crippen LogP) is 10.9. The van der Waals surface area contributed by atoms with Gasteiger partial charge in [-0.1, -0.05) is 95.3 Å². The first-order valence-electron chi connectivity index (χ1n) is 15.1. The van der Waals surface area contributed by atoms with E-state index >= 15 is 0 Å². The van der Waals surface area contributed by atoms with Crippen LogP contribution in [-0.4, -0.2) is 22.2 Å². The fourth-order valence-electron chi connectivity index (χ4n) is 4.68. The molecule has 1 aromatic heterocycles. The van der Waals surface area contributed by atoms with Gasteiger partial charge in [0.15, 0.2) is 0 Å². The molecule has 4 heteroatoms. The maximum absolute atomic E-state index is 13.1. The Labute approximate surface area is 249 Å². The molecule has 1 aliphatic carbocycles. The van der Waals surface area contributed by atoms with Gasteiger partial charge in [0.05, 0.1) is 12.9 Å². The molecule has 0 saturated carbocycles. The monoisotopic (exact) mass is 559 g/mol. The average Bonchev–Trinajstić information content (AvgIpc) is 3.64. The van der Waals surface area contributed by atoms with E-state index in [-0.39, 0.29) is 11.4 Å². The molecule has 1 N–H and O–H groups in total. The van der Waals surface area contributed by atoms with Crippen molar-refractivity contribution in [1.29, 1.82) is 0 Å². The number of hydrogen-bond donors (Lipinski definition) is 1. The van der Waals surface area contributed by atoms with Gasteiger partial charge in [0.25, 0.3) is 0 Å². The first kappa shape index (κ1) is 35.5. The first-order valence-corrected chi connectivity index (χ1v) is 15.1. The minimum Gasteiger partial charge on any atom is -0.516 e. The van der Waals surface area contributed by atoms with Gasteiger partial charge < -0.3 is 14.4 Å². The number of allylic oxidation sites excluding steroid dienone is 5. The number of carbonyl (C=O) groups is 1. The van der Waals surface area contributed by atoms with Crippen molar-refractivity contribution in [3.05, 3.63) is 95.9 Å². The fraction of sp³-hybridized carbons (Fsp3) is 0.432. The molecule has 0 fully saturated rings. The smallest absolute Gasteiger partial charge is 0.355 e. The van der Waals surface area contributed by atoms with Crippen molar-refractivity contribution in [3.8, 4) is 11.1 Å². The van der Waals surface area contributed by atoms with Crippen LogP contribution in [0.1, 0.15) is 110 Å². The fourth-order valence-corrected chi connectivity index (χ4v) is 4.68. The molecule has 0 amide bonds. The van der Waals surface area contributed by atoms with E-state index in [1.807, 2.05) is 46.8 Å². The summed E-state index contributed by atoms with van der Waals surface area (Å²) in [5.41, 5.74) is 6.48. The van der Waals surface area contributed by atoms with Crippen molar-refractivity contribution in [2.45, 2.75) is 100.0 Å². The molecular formula is C37H53NO3. The highest BCUT2D eigenvalue weighted by molar-refractivity contribution is 6.09. The van der Waals surface area contributed by atoms with Gasteiger partial charge in [-0.25, -0.2) is 4.79 Å². The Morgan fingerprint density at radius 2 is 1.61 bits per heavy atom. The number of aliphatic hydroxyl groups excluding tert-OH is 1. The van der Waals surface area contributed by atoms with Gasteiger partial charge in [-0.15, -0.1) is 0 Å². The highest BCUT2D eigenvalue weighted by Crippen LogP contribution is 2.39. The van der Waals surface area contributed by atoms with Crippen molar-refractivity contribution in [3.63, 3.8) is 0 Å². The molecule has 1 heterocycles. The third-order valence-electron chi connectivity index (χ3n) is 6.84. The van der Waals surface area contributed by atoms with Crippen molar-refractivity contribution in [2.24, 2.45) is 0 Å². The van der Waals surface area contributed by atoms with E-state index in [1.165, 1.54) is 11.1 Å². The van der Waals surface area contributed by atoms with E-state index in [4.69, 9.17) is 9.84 Å². The summed E-state index contributed by atoms with van der Waals surface area (Å²) in [6.45, 7) is 21.4. The molecule has 3 aromatic rings. The Morgan fingerprint density at radius 1 is 1.00 bits per heavy atom. The van der Waals surface area contributed by atoms with Crippen molar-refractivity contribution in [1.82, 2.24) is 4.57 Å². The van der Waals surface area contributed by atoms with Gasteiger partial charge >= 0.3 is 5.97 Å². The van der Waals surface area contributed by atoms with E-state index in [0.717, 1.165) is 41.1 Å². The Balaban J connectivity index is 0.000000735. The highest BCUT2D eigenvalue weighted by Gasteiger charge is 2.26. The molecule has 224 valence electrons. The van der Waals surface area contributed by atoms with Crippen LogP contribution in [0.2, 0.25) is 0 Å². The molecule has 2 aromatic carbocycles. The van der Waals surface area contributed by atoms with Gasteiger partial charge in [0, 0.05) is 28.9 Å². The summed E-state index contributed by atoms with van der Waals surface area (Å²) in [5, 5.41) is 8.83. The van der Waals surface area contributed by atoms with Crippen LogP contribution in [0.25, 0.3) is 22.0 Å². The molecular weight excluding hydrogens is 506 g/mol. The van der Waals surface area contributed by atoms with Crippen LogP contribution < -0.4 is 0 Å². The van der Waals surface area contributed by atoms with Crippen LogP contribution in [0.3, 0.4) is 0 Å². The molecule has 1 aliphatic rings. The molecule has 1 atom stereocenters.